The van der Waals surface area contributed by atoms with Crippen LogP contribution in [-0.4, -0.2) is 32.9 Å². The zero-order chi connectivity index (χ0) is 24.2. The average molecular weight is 489 g/mol. The molecule has 5 rings (SSSR count). The summed E-state index contributed by atoms with van der Waals surface area (Å²) in [7, 11) is 0. The third-order valence-corrected chi connectivity index (χ3v) is 6.99. The maximum atomic E-state index is 13.3. The summed E-state index contributed by atoms with van der Waals surface area (Å²) < 4.78 is 12.8. The summed E-state index contributed by atoms with van der Waals surface area (Å²) in [5, 5.41) is 9.23. The van der Waals surface area contributed by atoms with Crippen molar-refractivity contribution in [3.63, 3.8) is 0 Å². The molecule has 1 fully saturated rings. The lowest BCUT2D eigenvalue weighted by molar-refractivity contribution is -0.120. The first-order chi connectivity index (χ1) is 17.2. The molecule has 8 heteroatoms. The van der Waals surface area contributed by atoms with Crippen LogP contribution in [0.3, 0.4) is 0 Å². The largest absolute Gasteiger partial charge is 0.490 e. The number of amides is 1. The highest BCUT2D eigenvalue weighted by atomic mass is 32.2. The Bertz CT molecular complexity index is 1230. The quantitative estimate of drug-likeness (QED) is 0.299. The van der Waals surface area contributed by atoms with E-state index in [0.29, 0.717) is 34.6 Å². The Morgan fingerprint density at radius 1 is 1.20 bits per heavy atom. The predicted octanol–water partition coefficient (Wildman–Crippen LogP) is 5.97. The summed E-state index contributed by atoms with van der Waals surface area (Å²) in [6, 6.07) is 15.5. The number of rotatable bonds is 7. The highest BCUT2D eigenvalue weighted by Gasteiger charge is 2.35. The Morgan fingerprint density at radius 3 is 2.83 bits per heavy atom. The molecule has 0 bridgehead atoms. The molecule has 0 radical (unpaired) electrons. The lowest BCUT2D eigenvalue weighted by Crippen LogP contribution is -2.37. The molecule has 7 nitrogen and oxygen atoms in total. The van der Waals surface area contributed by atoms with Crippen molar-refractivity contribution in [1.29, 1.82) is 0 Å². The second-order valence-corrected chi connectivity index (χ2v) is 9.54. The van der Waals surface area contributed by atoms with Crippen LogP contribution in [0.5, 0.6) is 11.6 Å². The second kappa shape index (κ2) is 10.5. The molecule has 0 unspecified atom stereocenters. The molecule has 180 valence electrons. The van der Waals surface area contributed by atoms with Crippen molar-refractivity contribution in [2.45, 2.75) is 56.5 Å². The fraction of sp³-hybridized carbons (Fsp3) is 0.333. The van der Waals surface area contributed by atoms with E-state index >= 15 is 0 Å². The lowest BCUT2D eigenvalue weighted by Gasteiger charge is -2.31. The SMILES string of the molecule is C=CCSc1nnc2c(n1)O[C@@H](c1cccc(OC3CCCC3)c1)N(C(=O)CC)c1ccccc1-2. The van der Waals surface area contributed by atoms with Crippen LogP contribution in [0.25, 0.3) is 11.3 Å². The molecule has 35 heavy (non-hydrogen) atoms. The number of fused-ring (bicyclic) bond motifs is 3. The van der Waals surface area contributed by atoms with Crippen molar-refractivity contribution in [1.82, 2.24) is 15.2 Å². The van der Waals surface area contributed by atoms with Crippen molar-refractivity contribution in [3.8, 4) is 22.9 Å². The molecule has 1 aromatic heterocycles. The molecule has 1 amide bonds. The zero-order valence-corrected chi connectivity index (χ0v) is 20.5. The molecule has 0 N–H and O–H groups in total. The van der Waals surface area contributed by atoms with Gasteiger partial charge in [0, 0.05) is 23.3 Å². The molecular formula is C27H28N4O3S. The minimum atomic E-state index is -0.731. The number of anilines is 1. The standard InChI is InChI=1S/C27H28N4O3S/c1-3-16-35-27-28-25-24(29-30-27)21-14-7-8-15-22(21)31(23(32)4-2)26(34-25)18-10-9-13-20(17-18)33-19-11-5-6-12-19/h3,7-10,13-15,17,19,26H,1,4-6,11-12,16H2,2H3/t26-/m0/s1. The number of hydrogen-bond donors (Lipinski definition) is 0. The number of para-hydroxylation sites is 1. The first-order valence-corrected chi connectivity index (χ1v) is 13.0. The molecule has 0 saturated heterocycles. The Balaban J connectivity index is 1.61. The molecule has 0 spiro atoms. The summed E-state index contributed by atoms with van der Waals surface area (Å²) in [4.78, 5) is 19.7. The third kappa shape index (κ3) is 4.89. The zero-order valence-electron chi connectivity index (χ0n) is 19.7. The van der Waals surface area contributed by atoms with Gasteiger partial charge in [-0.25, -0.2) is 0 Å². The second-order valence-electron chi connectivity index (χ2n) is 8.55. The molecule has 2 heterocycles. The van der Waals surface area contributed by atoms with E-state index in [2.05, 4.69) is 21.8 Å². The minimum Gasteiger partial charge on any atom is -0.490 e. The van der Waals surface area contributed by atoms with Gasteiger partial charge in [-0.15, -0.1) is 16.8 Å². The highest BCUT2D eigenvalue weighted by molar-refractivity contribution is 7.99. The Labute approximate surface area is 209 Å². The molecule has 2 aromatic carbocycles. The Hall–Kier alpha value is -3.39. The smallest absolute Gasteiger partial charge is 0.247 e. The van der Waals surface area contributed by atoms with Gasteiger partial charge in [0.25, 0.3) is 0 Å². The normalized spacial score (nSPS) is 17.2. The third-order valence-electron chi connectivity index (χ3n) is 6.16. The number of ether oxygens (including phenoxy) is 2. The summed E-state index contributed by atoms with van der Waals surface area (Å²) in [5.41, 5.74) is 2.79. The number of hydrogen-bond acceptors (Lipinski definition) is 7. The van der Waals surface area contributed by atoms with Crippen molar-refractivity contribution in [2.24, 2.45) is 0 Å². The van der Waals surface area contributed by atoms with E-state index in [1.165, 1.54) is 24.6 Å². The molecular weight excluding hydrogens is 460 g/mol. The first-order valence-electron chi connectivity index (χ1n) is 12.0. The Morgan fingerprint density at radius 2 is 2.03 bits per heavy atom. The monoisotopic (exact) mass is 488 g/mol. The summed E-state index contributed by atoms with van der Waals surface area (Å²) in [5.74, 6) is 1.72. The van der Waals surface area contributed by atoms with Gasteiger partial charge in [0.1, 0.15) is 5.75 Å². The number of thioether (sulfide) groups is 1. The van der Waals surface area contributed by atoms with Crippen molar-refractivity contribution < 1.29 is 14.3 Å². The van der Waals surface area contributed by atoms with Crippen LogP contribution < -0.4 is 14.4 Å². The van der Waals surface area contributed by atoms with Crippen LogP contribution >= 0.6 is 11.8 Å². The number of benzene rings is 2. The van der Waals surface area contributed by atoms with Crippen LogP contribution in [-0.2, 0) is 4.79 Å². The fourth-order valence-electron chi connectivity index (χ4n) is 4.50. The van der Waals surface area contributed by atoms with Crippen LogP contribution in [0.1, 0.15) is 50.8 Å². The van der Waals surface area contributed by atoms with Crippen LogP contribution in [0, 0.1) is 0 Å². The van der Waals surface area contributed by atoms with E-state index in [-0.39, 0.29) is 12.0 Å². The van der Waals surface area contributed by atoms with Crippen molar-refractivity contribution in [3.05, 3.63) is 66.7 Å². The highest BCUT2D eigenvalue weighted by Crippen LogP contribution is 2.44. The number of carbonyl (C=O) groups excluding carboxylic acids is 1. The molecule has 3 aromatic rings. The van der Waals surface area contributed by atoms with Crippen molar-refractivity contribution >= 4 is 23.4 Å². The van der Waals surface area contributed by atoms with E-state index in [4.69, 9.17) is 9.47 Å². The topological polar surface area (TPSA) is 77.4 Å². The van der Waals surface area contributed by atoms with Gasteiger partial charge in [-0.1, -0.05) is 55.1 Å². The minimum absolute atomic E-state index is 0.0633. The van der Waals surface area contributed by atoms with E-state index in [0.717, 1.165) is 29.7 Å². The predicted molar refractivity (Wildman–Crippen MR) is 137 cm³/mol. The van der Waals surface area contributed by atoms with Gasteiger partial charge in [0.2, 0.25) is 23.2 Å². The van der Waals surface area contributed by atoms with E-state index in [1.807, 2.05) is 55.5 Å². The van der Waals surface area contributed by atoms with Gasteiger partial charge in [-0.05, 0) is 43.9 Å². The van der Waals surface area contributed by atoms with Crippen LogP contribution in [0.15, 0.2) is 66.3 Å². The van der Waals surface area contributed by atoms with Crippen molar-refractivity contribution in [2.75, 3.05) is 10.7 Å². The molecule has 2 aliphatic rings. The lowest BCUT2D eigenvalue weighted by atomic mass is 10.1. The van der Waals surface area contributed by atoms with Gasteiger partial charge in [-0.2, -0.15) is 4.98 Å². The van der Waals surface area contributed by atoms with E-state index in [9.17, 15) is 4.79 Å². The van der Waals surface area contributed by atoms with Gasteiger partial charge in [-0.3, -0.25) is 9.69 Å². The molecule has 1 aliphatic heterocycles. The number of aromatic nitrogens is 3. The molecule has 1 saturated carbocycles. The summed E-state index contributed by atoms with van der Waals surface area (Å²) >= 11 is 1.43. The van der Waals surface area contributed by atoms with Crippen LogP contribution in [0.2, 0.25) is 0 Å². The maximum Gasteiger partial charge on any atom is 0.247 e. The van der Waals surface area contributed by atoms with E-state index in [1.54, 1.807) is 11.0 Å². The maximum absolute atomic E-state index is 13.3. The molecule has 1 atom stereocenters. The first kappa shape index (κ1) is 23.4. The van der Waals surface area contributed by atoms with Gasteiger partial charge < -0.3 is 9.47 Å². The van der Waals surface area contributed by atoms with E-state index < -0.39 is 6.23 Å². The average Bonchev–Trinajstić information content (AvgIpc) is 3.35. The fourth-order valence-corrected chi connectivity index (χ4v) is 5.02. The summed E-state index contributed by atoms with van der Waals surface area (Å²) in [6.45, 7) is 5.61. The summed E-state index contributed by atoms with van der Waals surface area (Å²) in [6.07, 6.45) is 6.14. The van der Waals surface area contributed by atoms with Gasteiger partial charge in [0.15, 0.2) is 5.69 Å². The van der Waals surface area contributed by atoms with Gasteiger partial charge >= 0.3 is 0 Å². The Kier molecular flexibility index (Phi) is 6.99. The molecule has 1 aliphatic carbocycles. The number of nitrogens with zero attached hydrogens (tertiary/aromatic N) is 4. The van der Waals surface area contributed by atoms with Crippen LogP contribution in [0.4, 0.5) is 5.69 Å². The number of carbonyl (C=O) groups is 1. The van der Waals surface area contributed by atoms with Gasteiger partial charge in [0.05, 0.1) is 11.8 Å².